The molecule has 1 saturated carbocycles. The van der Waals surface area contributed by atoms with E-state index in [1.807, 2.05) is 87.5 Å². The van der Waals surface area contributed by atoms with Gasteiger partial charge in [0, 0.05) is 41.7 Å². The molecule has 55 heavy (non-hydrogen) atoms. The van der Waals surface area contributed by atoms with E-state index in [9.17, 15) is 19.5 Å². The predicted octanol–water partition coefficient (Wildman–Crippen LogP) is 6.81. The Hall–Kier alpha value is -4.29. The van der Waals surface area contributed by atoms with Crippen molar-refractivity contribution in [2.24, 2.45) is 11.8 Å². The summed E-state index contributed by atoms with van der Waals surface area (Å²) >= 11 is 0. The first-order chi connectivity index (χ1) is 26.4. The molecule has 1 aliphatic carbocycles. The average Bonchev–Trinajstić information content (AvgIpc) is 3.18. The molecule has 3 aliphatic rings. The number of rotatable bonds is 11. The van der Waals surface area contributed by atoms with Gasteiger partial charge in [-0.15, -0.1) is 0 Å². The van der Waals surface area contributed by atoms with Crippen LogP contribution in [0.15, 0.2) is 78.9 Å². The molecule has 3 aromatic rings. The van der Waals surface area contributed by atoms with Gasteiger partial charge in [0.05, 0.1) is 32.0 Å². The van der Waals surface area contributed by atoms with E-state index in [0.29, 0.717) is 30.6 Å². The second-order valence-corrected chi connectivity index (χ2v) is 16.4. The quantitative estimate of drug-likeness (QED) is 0.157. The van der Waals surface area contributed by atoms with Gasteiger partial charge in [-0.3, -0.25) is 9.69 Å². The number of fused-ring (bicyclic) bond motifs is 1. The first kappa shape index (κ1) is 40.4. The fourth-order valence-electron chi connectivity index (χ4n) is 8.50. The number of nitrogens with one attached hydrogen (secondary N) is 3. The van der Waals surface area contributed by atoms with Crippen molar-refractivity contribution >= 4 is 23.6 Å². The van der Waals surface area contributed by atoms with Crippen LogP contribution in [0, 0.1) is 11.8 Å². The molecule has 2 heterocycles. The number of aliphatic hydroxyl groups excluding tert-OH is 1. The van der Waals surface area contributed by atoms with Gasteiger partial charge in [-0.25, -0.2) is 9.59 Å². The Morgan fingerprint density at radius 1 is 0.873 bits per heavy atom. The van der Waals surface area contributed by atoms with Gasteiger partial charge in [-0.2, -0.15) is 0 Å². The number of hydrogen-bond donors (Lipinski definition) is 4. The van der Waals surface area contributed by atoms with Crippen LogP contribution >= 0.6 is 0 Å². The minimum Gasteiger partial charge on any atom is -0.467 e. The molecular formula is C44H58N4O7. The van der Waals surface area contributed by atoms with Crippen molar-refractivity contribution in [1.82, 2.24) is 15.5 Å². The number of ether oxygens (including phenoxy) is 3. The molecule has 11 nitrogen and oxygen atoms in total. The number of likely N-dealkylation sites (tertiary alicyclic amines) is 1. The molecule has 2 aliphatic heterocycles. The number of amides is 3. The number of aliphatic hydroxyl groups is 1. The lowest BCUT2D eigenvalue weighted by atomic mass is 9.75. The molecule has 0 bridgehead atoms. The summed E-state index contributed by atoms with van der Waals surface area (Å²) in [5.41, 5.74) is 3.69. The van der Waals surface area contributed by atoms with Crippen molar-refractivity contribution in [3.05, 3.63) is 101 Å². The summed E-state index contributed by atoms with van der Waals surface area (Å²) < 4.78 is 18.6. The van der Waals surface area contributed by atoms with Gasteiger partial charge in [0.1, 0.15) is 6.04 Å². The van der Waals surface area contributed by atoms with Crippen LogP contribution in [0.1, 0.15) is 101 Å². The number of esters is 1. The maximum absolute atomic E-state index is 13.9. The van der Waals surface area contributed by atoms with Gasteiger partial charge in [0.25, 0.3) is 0 Å². The molecule has 8 atom stereocenters. The first-order valence-corrected chi connectivity index (χ1v) is 19.8. The molecule has 11 heteroatoms. The number of hydrogen-bond acceptors (Lipinski definition) is 8. The number of piperidine rings is 1. The van der Waals surface area contributed by atoms with E-state index in [0.717, 1.165) is 47.9 Å². The van der Waals surface area contributed by atoms with E-state index >= 15 is 0 Å². The van der Waals surface area contributed by atoms with Crippen molar-refractivity contribution < 1.29 is 33.7 Å². The molecular weight excluding hydrogens is 697 g/mol. The molecule has 0 aromatic heterocycles. The number of anilines is 1. The zero-order chi connectivity index (χ0) is 39.1. The summed E-state index contributed by atoms with van der Waals surface area (Å²) in [4.78, 5) is 41.9. The molecule has 0 spiro atoms. The van der Waals surface area contributed by atoms with Crippen molar-refractivity contribution in [3.8, 4) is 0 Å². The predicted molar refractivity (Wildman–Crippen MR) is 211 cm³/mol. The SMILES string of the molecule is COC(=O)[C@H](Cc1ccccc1)NC(=O)Nc1ccc([C@H]2O[C@@H](CN3[C@@H](C(=O)NC(C)(C)C)CC[C@H]4CCCC[C@H]43)[C@@H](C)[C@@H](c3ccc(CO)cc3)O2)cc1. The highest BCUT2D eigenvalue weighted by Crippen LogP contribution is 2.44. The molecule has 4 N–H and O–H groups in total. The van der Waals surface area contributed by atoms with Crippen LogP contribution in [0.3, 0.4) is 0 Å². The number of carbonyl (C=O) groups excluding carboxylic acids is 3. The summed E-state index contributed by atoms with van der Waals surface area (Å²) in [6.07, 6.45) is 5.56. The highest BCUT2D eigenvalue weighted by molar-refractivity contribution is 5.92. The van der Waals surface area contributed by atoms with E-state index in [2.05, 4.69) is 27.8 Å². The van der Waals surface area contributed by atoms with Gasteiger partial charge < -0.3 is 35.3 Å². The Labute approximate surface area is 325 Å². The average molecular weight is 755 g/mol. The fraction of sp³-hybridized carbons (Fsp3) is 0.523. The van der Waals surface area contributed by atoms with Crippen LogP contribution in [0.4, 0.5) is 10.5 Å². The van der Waals surface area contributed by atoms with E-state index in [1.165, 1.54) is 20.0 Å². The Balaban J connectivity index is 1.21. The van der Waals surface area contributed by atoms with Crippen LogP contribution in [0.25, 0.3) is 0 Å². The summed E-state index contributed by atoms with van der Waals surface area (Å²) in [5, 5.41) is 18.6. The van der Waals surface area contributed by atoms with E-state index in [1.54, 1.807) is 12.1 Å². The molecule has 296 valence electrons. The third-order valence-electron chi connectivity index (χ3n) is 11.3. The monoisotopic (exact) mass is 754 g/mol. The smallest absolute Gasteiger partial charge is 0.328 e. The number of urea groups is 1. The molecule has 3 fully saturated rings. The van der Waals surface area contributed by atoms with Gasteiger partial charge in [0.2, 0.25) is 5.91 Å². The standard InChI is InChI=1S/C44H58N4O7/c1-28-38(26-48-36-14-10-9-13-31(36)21-24-37(48)40(50)47-44(2,3)4)54-42(55-39(28)32-17-15-30(27-49)16-18-32)33-19-22-34(23-20-33)45-43(52)46-35(41(51)53-5)25-29-11-7-6-8-12-29/h6-8,11-12,15-20,22-23,28,31,35-39,42,49H,9-10,13-14,21,24-27H2,1-5H3,(H,47,50)(H2,45,46,52)/t28-,31-,35+,36-,37-,38+,39+,42+/m1/s1. The van der Waals surface area contributed by atoms with Gasteiger partial charge in [-0.05, 0) is 81.2 Å². The van der Waals surface area contributed by atoms with Crippen LogP contribution in [0.5, 0.6) is 0 Å². The lowest BCUT2D eigenvalue weighted by Gasteiger charge is -2.51. The number of benzene rings is 3. The van der Waals surface area contributed by atoms with E-state index in [4.69, 9.17) is 14.2 Å². The lowest BCUT2D eigenvalue weighted by molar-refractivity contribution is -0.278. The maximum Gasteiger partial charge on any atom is 0.328 e. The summed E-state index contributed by atoms with van der Waals surface area (Å²) in [6.45, 7) is 8.80. The van der Waals surface area contributed by atoms with Crippen LogP contribution in [0.2, 0.25) is 0 Å². The molecule has 6 rings (SSSR count). The molecule has 2 saturated heterocycles. The van der Waals surface area contributed by atoms with Crippen molar-refractivity contribution in [3.63, 3.8) is 0 Å². The van der Waals surface area contributed by atoms with Crippen LogP contribution in [-0.2, 0) is 36.8 Å². The number of nitrogens with zero attached hydrogens (tertiary/aromatic N) is 1. The van der Waals surface area contributed by atoms with Gasteiger partial charge >= 0.3 is 12.0 Å². The minimum atomic E-state index is -0.860. The summed E-state index contributed by atoms with van der Waals surface area (Å²) in [6, 6.07) is 23.3. The van der Waals surface area contributed by atoms with E-state index < -0.39 is 24.3 Å². The Morgan fingerprint density at radius 3 is 2.24 bits per heavy atom. The fourth-order valence-corrected chi connectivity index (χ4v) is 8.50. The largest absolute Gasteiger partial charge is 0.467 e. The van der Waals surface area contributed by atoms with Crippen LogP contribution < -0.4 is 16.0 Å². The number of methoxy groups -OCH3 is 1. The van der Waals surface area contributed by atoms with Crippen molar-refractivity contribution in [2.45, 2.75) is 121 Å². The second kappa shape index (κ2) is 18.1. The zero-order valence-corrected chi connectivity index (χ0v) is 32.8. The van der Waals surface area contributed by atoms with Crippen molar-refractivity contribution in [2.75, 3.05) is 19.0 Å². The highest BCUT2D eigenvalue weighted by atomic mass is 16.7. The highest BCUT2D eigenvalue weighted by Gasteiger charge is 2.46. The molecule has 3 amide bonds. The van der Waals surface area contributed by atoms with Crippen molar-refractivity contribution in [1.29, 1.82) is 0 Å². The van der Waals surface area contributed by atoms with E-state index in [-0.39, 0.29) is 42.2 Å². The molecule has 3 aromatic carbocycles. The topological polar surface area (TPSA) is 138 Å². The normalized spacial score (nSPS) is 26.3. The Kier molecular flexibility index (Phi) is 13.3. The van der Waals surface area contributed by atoms with Crippen LogP contribution in [-0.4, -0.2) is 71.3 Å². The third-order valence-corrected chi connectivity index (χ3v) is 11.3. The minimum absolute atomic E-state index is 0.0416. The summed E-state index contributed by atoms with van der Waals surface area (Å²) in [7, 11) is 1.30. The lowest BCUT2D eigenvalue weighted by Crippen LogP contribution is -2.61. The summed E-state index contributed by atoms with van der Waals surface area (Å²) in [5.74, 6) is 0.0671. The maximum atomic E-state index is 13.9. The Bertz CT molecular complexity index is 1730. The zero-order valence-electron chi connectivity index (χ0n) is 32.8. The first-order valence-electron chi connectivity index (χ1n) is 19.8. The Morgan fingerprint density at radius 2 is 1.56 bits per heavy atom. The van der Waals surface area contributed by atoms with Gasteiger partial charge in [0.15, 0.2) is 6.29 Å². The third kappa shape index (κ3) is 10.3. The molecule has 0 unspecified atom stereocenters. The molecule has 0 radical (unpaired) electrons. The van der Waals surface area contributed by atoms with Gasteiger partial charge in [-0.1, -0.05) is 86.5 Å². The number of carbonyl (C=O) groups is 3. The second-order valence-electron chi connectivity index (χ2n) is 16.4.